The Hall–Kier alpha value is -0.570. The van der Waals surface area contributed by atoms with Gasteiger partial charge in [-0.2, -0.15) is 0 Å². The Morgan fingerprint density at radius 3 is 2.89 bits per heavy atom. The Morgan fingerprint density at radius 1 is 1.47 bits per heavy atom. The van der Waals surface area contributed by atoms with Crippen LogP contribution in [-0.2, 0) is 6.54 Å². The summed E-state index contributed by atoms with van der Waals surface area (Å²) in [6.45, 7) is 3.96. The molecule has 0 radical (unpaired) electrons. The van der Waals surface area contributed by atoms with Gasteiger partial charge in [-0.1, -0.05) is 43.5 Å². The van der Waals surface area contributed by atoms with E-state index in [0.717, 1.165) is 24.0 Å². The summed E-state index contributed by atoms with van der Waals surface area (Å²) >= 11 is 6.07. The molecular weight excluding hydrogens is 256 g/mol. The van der Waals surface area contributed by atoms with Gasteiger partial charge in [0, 0.05) is 23.7 Å². The molecule has 2 unspecified atom stereocenters. The second-order valence-corrected chi connectivity index (χ2v) is 6.23. The molecular formula is C16H25ClN2. The molecule has 2 rings (SSSR count). The fourth-order valence-corrected chi connectivity index (χ4v) is 3.92. The van der Waals surface area contributed by atoms with Gasteiger partial charge in [0.2, 0.25) is 0 Å². The zero-order valence-electron chi connectivity index (χ0n) is 12.0. The first-order valence-corrected chi connectivity index (χ1v) is 7.66. The molecule has 0 heterocycles. The standard InChI is InChI=1S/C16H25ClN2/c1-3-14-7-5-9-16(14,12-18)19(2)11-13-6-4-8-15(17)10-13/h4,6,8,10,14H,3,5,7,9,11-12,18H2,1-2H3. The maximum atomic E-state index is 6.15. The predicted octanol–water partition coefficient (Wildman–Crippen LogP) is 3.68. The molecule has 0 spiro atoms. The summed E-state index contributed by atoms with van der Waals surface area (Å²) in [5.74, 6) is 0.724. The van der Waals surface area contributed by atoms with E-state index in [9.17, 15) is 0 Å². The lowest BCUT2D eigenvalue weighted by Gasteiger charge is -2.43. The van der Waals surface area contributed by atoms with Crippen molar-refractivity contribution in [2.75, 3.05) is 13.6 Å². The number of halogens is 1. The van der Waals surface area contributed by atoms with Gasteiger partial charge in [-0.15, -0.1) is 0 Å². The van der Waals surface area contributed by atoms with Gasteiger partial charge in [0.1, 0.15) is 0 Å². The first kappa shape index (κ1) is 14.8. The number of benzene rings is 1. The van der Waals surface area contributed by atoms with Gasteiger partial charge in [0.05, 0.1) is 0 Å². The molecule has 1 fully saturated rings. The van der Waals surface area contributed by atoms with E-state index < -0.39 is 0 Å². The van der Waals surface area contributed by atoms with Crippen LogP contribution in [0.15, 0.2) is 24.3 Å². The van der Waals surface area contributed by atoms with Gasteiger partial charge in [-0.05, 0) is 43.5 Å². The van der Waals surface area contributed by atoms with Crippen LogP contribution < -0.4 is 5.73 Å². The topological polar surface area (TPSA) is 29.3 Å². The first-order chi connectivity index (χ1) is 9.12. The lowest BCUT2D eigenvalue weighted by atomic mass is 9.83. The Balaban J connectivity index is 2.15. The number of hydrogen-bond acceptors (Lipinski definition) is 2. The molecule has 1 saturated carbocycles. The predicted molar refractivity (Wildman–Crippen MR) is 82.3 cm³/mol. The largest absolute Gasteiger partial charge is 0.329 e. The summed E-state index contributed by atoms with van der Waals surface area (Å²) in [7, 11) is 2.21. The Kier molecular flexibility index (Phi) is 4.88. The van der Waals surface area contributed by atoms with Crippen LogP contribution in [0.5, 0.6) is 0 Å². The summed E-state index contributed by atoms with van der Waals surface area (Å²) in [6.07, 6.45) is 5.05. The van der Waals surface area contributed by atoms with E-state index in [4.69, 9.17) is 17.3 Å². The smallest absolute Gasteiger partial charge is 0.0409 e. The van der Waals surface area contributed by atoms with Gasteiger partial charge >= 0.3 is 0 Å². The Morgan fingerprint density at radius 2 is 2.26 bits per heavy atom. The van der Waals surface area contributed by atoms with E-state index in [1.165, 1.54) is 31.2 Å². The number of rotatable bonds is 5. The molecule has 0 bridgehead atoms. The fraction of sp³-hybridized carbons (Fsp3) is 0.625. The molecule has 2 N–H and O–H groups in total. The van der Waals surface area contributed by atoms with Gasteiger partial charge < -0.3 is 5.73 Å². The van der Waals surface area contributed by atoms with Crippen molar-refractivity contribution >= 4 is 11.6 Å². The third kappa shape index (κ3) is 2.96. The quantitative estimate of drug-likeness (QED) is 0.891. The lowest BCUT2D eigenvalue weighted by molar-refractivity contribution is 0.0747. The van der Waals surface area contributed by atoms with Crippen LogP contribution in [-0.4, -0.2) is 24.0 Å². The number of nitrogens with two attached hydrogens (primary N) is 1. The minimum Gasteiger partial charge on any atom is -0.329 e. The molecule has 1 aliphatic carbocycles. The van der Waals surface area contributed by atoms with Crippen LogP contribution in [0.4, 0.5) is 0 Å². The number of hydrogen-bond donors (Lipinski definition) is 1. The summed E-state index contributed by atoms with van der Waals surface area (Å²) in [5, 5.41) is 0.811. The summed E-state index contributed by atoms with van der Waals surface area (Å²) in [5.41, 5.74) is 7.60. The zero-order chi connectivity index (χ0) is 13.9. The van der Waals surface area contributed by atoms with Gasteiger partial charge in [0.15, 0.2) is 0 Å². The third-order valence-corrected chi connectivity index (χ3v) is 5.07. The maximum absolute atomic E-state index is 6.15. The highest BCUT2D eigenvalue weighted by molar-refractivity contribution is 6.30. The Labute approximate surface area is 121 Å². The molecule has 19 heavy (non-hydrogen) atoms. The van der Waals surface area contributed by atoms with Crippen LogP contribution in [0.1, 0.15) is 38.2 Å². The van der Waals surface area contributed by atoms with Gasteiger partial charge in [0.25, 0.3) is 0 Å². The van der Waals surface area contributed by atoms with Crippen molar-refractivity contribution in [2.24, 2.45) is 11.7 Å². The van der Waals surface area contributed by atoms with E-state index in [1.807, 2.05) is 12.1 Å². The van der Waals surface area contributed by atoms with E-state index in [0.29, 0.717) is 0 Å². The van der Waals surface area contributed by atoms with E-state index in [2.05, 4.69) is 31.0 Å². The molecule has 0 aliphatic heterocycles. The summed E-state index contributed by atoms with van der Waals surface area (Å²) in [4.78, 5) is 2.46. The number of likely N-dealkylation sites (N-methyl/N-ethyl adjacent to an activating group) is 1. The van der Waals surface area contributed by atoms with Crippen molar-refractivity contribution in [1.82, 2.24) is 4.90 Å². The monoisotopic (exact) mass is 280 g/mol. The minimum atomic E-state index is 0.178. The summed E-state index contributed by atoms with van der Waals surface area (Å²) < 4.78 is 0. The van der Waals surface area contributed by atoms with Crippen molar-refractivity contribution in [2.45, 2.75) is 44.7 Å². The van der Waals surface area contributed by atoms with Gasteiger partial charge in [-0.3, -0.25) is 4.90 Å². The van der Waals surface area contributed by atoms with Crippen molar-refractivity contribution in [3.8, 4) is 0 Å². The average molecular weight is 281 g/mol. The first-order valence-electron chi connectivity index (χ1n) is 7.28. The van der Waals surface area contributed by atoms with Crippen LogP contribution in [0.25, 0.3) is 0 Å². The summed E-state index contributed by atoms with van der Waals surface area (Å²) in [6, 6.07) is 8.14. The highest BCUT2D eigenvalue weighted by Crippen LogP contribution is 2.41. The molecule has 0 saturated heterocycles. The molecule has 0 amide bonds. The van der Waals surface area contributed by atoms with E-state index in [1.54, 1.807) is 0 Å². The third-order valence-electron chi connectivity index (χ3n) is 4.84. The van der Waals surface area contributed by atoms with Crippen LogP contribution >= 0.6 is 11.6 Å². The molecule has 3 heteroatoms. The molecule has 1 aliphatic rings. The van der Waals surface area contributed by atoms with Crippen LogP contribution in [0.2, 0.25) is 5.02 Å². The van der Waals surface area contributed by atoms with Crippen LogP contribution in [0, 0.1) is 5.92 Å². The molecule has 2 atom stereocenters. The highest BCUT2D eigenvalue weighted by atomic mass is 35.5. The average Bonchev–Trinajstić information content (AvgIpc) is 2.82. The molecule has 0 aromatic heterocycles. The highest BCUT2D eigenvalue weighted by Gasteiger charge is 2.43. The minimum absolute atomic E-state index is 0.178. The SMILES string of the molecule is CCC1CCCC1(CN)N(C)Cc1cccc(Cl)c1. The molecule has 2 nitrogen and oxygen atoms in total. The van der Waals surface area contributed by atoms with Crippen molar-refractivity contribution in [3.63, 3.8) is 0 Å². The van der Waals surface area contributed by atoms with Crippen molar-refractivity contribution in [3.05, 3.63) is 34.9 Å². The molecule has 106 valence electrons. The second-order valence-electron chi connectivity index (χ2n) is 5.79. The van der Waals surface area contributed by atoms with Crippen molar-refractivity contribution < 1.29 is 0 Å². The molecule has 1 aromatic carbocycles. The van der Waals surface area contributed by atoms with Crippen LogP contribution in [0.3, 0.4) is 0 Å². The van der Waals surface area contributed by atoms with Crippen molar-refractivity contribution in [1.29, 1.82) is 0 Å². The van der Waals surface area contributed by atoms with Gasteiger partial charge in [-0.25, -0.2) is 0 Å². The zero-order valence-corrected chi connectivity index (χ0v) is 12.8. The lowest BCUT2D eigenvalue weighted by Crippen LogP contribution is -2.54. The maximum Gasteiger partial charge on any atom is 0.0409 e. The molecule has 1 aromatic rings. The second kappa shape index (κ2) is 6.25. The van der Waals surface area contributed by atoms with E-state index >= 15 is 0 Å². The Bertz CT molecular complexity index is 421. The normalized spacial score (nSPS) is 27.1. The number of nitrogens with zero attached hydrogens (tertiary/aromatic N) is 1. The van der Waals surface area contributed by atoms with E-state index in [-0.39, 0.29) is 5.54 Å². The fourth-order valence-electron chi connectivity index (χ4n) is 3.71.